The van der Waals surface area contributed by atoms with Crippen molar-refractivity contribution in [2.75, 3.05) is 44.4 Å². The average molecular weight is 284 g/mol. The summed E-state index contributed by atoms with van der Waals surface area (Å²) < 4.78 is 8.88. The Kier molecular flexibility index (Phi) is 3.69. The zero-order valence-electron chi connectivity index (χ0n) is 11.8. The Morgan fingerprint density at radius 2 is 2.16 bits per heavy atom. The number of methoxy groups -OCH3 is 1. The number of anilines is 2. The van der Waals surface area contributed by atoms with Gasteiger partial charge >= 0.3 is 5.97 Å². The van der Waals surface area contributed by atoms with Crippen LogP contribution >= 0.6 is 11.5 Å². The Bertz CT molecular complexity index is 486. The molecule has 1 saturated heterocycles. The summed E-state index contributed by atoms with van der Waals surface area (Å²) in [7, 11) is 3.47. The van der Waals surface area contributed by atoms with Gasteiger partial charge in [0.2, 0.25) is 0 Å². The third-order valence-electron chi connectivity index (χ3n) is 3.69. The molecule has 19 heavy (non-hydrogen) atoms. The van der Waals surface area contributed by atoms with Crippen LogP contribution in [0.4, 0.5) is 10.8 Å². The summed E-state index contributed by atoms with van der Waals surface area (Å²) in [6, 6.07) is 0. The fraction of sp³-hybridized carbons (Fsp3) is 0.667. The minimum absolute atomic E-state index is 0.0460. The number of carbonyl (C=O) groups is 1. The number of carbonyl (C=O) groups excluding carboxylic acids is 1. The quantitative estimate of drug-likeness (QED) is 0.818. The van der Waals surface area contributed by atoms with Crippen molar-refractivity contribution in [2.24, 2.45) is 0 Å². The predicted octanol–water partition coefficient (Wildman–Crippen LogP) is 1.04. The number of nitrogens with zero attached hydrogens (tertiary/aromatic N) is 3. The van der Waals surface area contributed by atoms with Gasteiger partial charge in [-0.3, -0.25) is 4.90 Å². The molecule has 1 aromatic heterocycles. The standard InChI is InChI=1S/C12H20N4O2S/c1-12(2)7-16(6-5-15(12)3)10-8(11(17)18-4)9(13)14-19-10/h5-7H2,1-4H3,(H2,13,14). The van der Waals surface area contributed by atoms with Crippen molar-refractivity contribution in [2.45, 2.75) is 19.4 Å². The van der Waals surface area contributed by atoms with Crippen LogP contribution in [-0.4, -0.2) is 54.6 Å². The first-order chi connectivity index (χ1) is 8.86. The molecule has 2 N–H and O–H groups in total. The Balaban J connectivity index is 2.31. The van der Waals surface area contributed by atoms with E-state index < -0.39 is 5.97 Å². The number of likely N-dealkylation sites (N-methyl/N-ethyl adjacent to an activating group) is 1. The third-order valence-corrected chi connectivity index (χ3v) is 4.62. The minimum Gasteiger partial charge on any atom is -0.465 e. The van der Waals surface area contributed by atoms with Gasteiger partial charge in [0, 0.05) is 25.2 Å². The molecule has 7 heteroatoms. The number of hydrogen-bond acceptors (Lipinski definition) is 7. The van der Waals surface area contributed by atoms with Crippen molar-refractivity contribution in [1.82, 2.24) is 9.27 Å². The zero-order chi connectivity index (χ0) is 14.2. The molecule has 6 nitrogen and oxygen atoms in total. The van der Waals surface area contributed by atoms with Crippen molar-refractivity contribution < 1.29 is 9.53 Å². The fourth-order valence-electron chi connectivity index (χ4n) is 2.22. The van der Waals surface area contributed by atoms with Gasteiger partial charge in [0.05, 0.1) is 7.11 Å². The second-order valence-electron chi connectivity index (χ2n) is 5.40. The van der Waals surface area contributed by atoms with Gasteiger partial charge in [0.25, 0.3) is 0 Å². The highest BCUT2D eigenvalue weighted by Gasteiger charge is 2.34. The number of rotatable bonds is 2. The smallest absolute Gasteiger partial charge is 0.344 e. The molecule has 2 rings (SSSR count). The predicted molar refractivity (Wildman–Crippen MR) is 76.8 cm³/mol. The molecule has 0 atom stereocenters. The van der Waals surface area contributed by atoms with E-state index in [-0.39, 0.29) is 11.4 Å². The van der Waals surface area contributed by atoms with Crippen molar-refractivity contribution in [1.29, 1.82) is 0 Å². The summed E-state index contributed by atoms with van der Waals surface area (Å²) in [6.07, 6.45) is 0. The van der Waals surface area contributed by atoms with Gasteiger partial charge in [-0.05, 0) is 32.4 Å². The van der Waals surface area contributed by atoms with E-state index in [0.29, 0.717) is 5.56 Å². The van der Waals surface area contributed by atoms with Crippen LogP contribution in [0, 0.1) is 0 Å². The highest BCUT2D eigenvalue weighted by molar-refractivity contribution is 7.11. The maximum absolute atomic E-state index is 11.8. The molecule has 2 heterocycles. The molecule has 0 bridgehead atoms. The molecule has 106 valence electrons. The van der Waals surface area contributed by atoms with Gasteiger partial charge in [-0.25, -0.2) is 4.79 Å². The Hall–Kier alpha value is -1.34. The summed E-state index contributed by atoms with van der Waals surface area (Å²) in [5, 5.41) is 0.811. The molecule has 1 fully saturated rings. The largest absolute Gasteiger partial charge is 0.465 e. The lowest BCUT2D eigenvalue weighted by molar-refractivity contribution is 0.0602. The summed E-state index contributed by atoms with van der Waals surface area (Å²) >= 11 is 1.26. The van der Waals surface area contributed by atoms with E-state index in [9.17, 15) is 4.79 Å². The third kappa shape index (κ3) is 2.52. The van der Waals surface area contributed by atoms with E-state index in [1.165, 1.54) is 18.6 Å². The fourth-order valence-corrected chi connectivity index (χ4v) is 3.04. The van der Waals surface area contributed by atoms with Crippen LogP contribution in [-0.2, 0) is 4.74 Å². The summed E-state index contributed by atoms with van der Waals surface area (Å²) in [6.45, 7) is 6.98. The van der Waals surface area contributed by atoms with Gasteiger partial charge in [0.1, 0.15) is 10.6 Å². The van der Waals surface area contributed by atoms with Crippen molar-refractivity contribution in [3.8, 4) is 0 Å². The van der Waals surface area contributed by atoms with Crippen molar-refractivity contribution in [3.63, 3.8) is 0 Å². The molecular weight excluding hydrogens is 264 g/mol. The first-order valence-corrected chi connectivity index (χ1v) is 6.94. The highest BCUT2D eigenvalue weighted by Crippen LogP contribution is 2.34. The first kappa shape index (κ1) is 14.1. The lowest BCUT2D eigenvalue weighted by atomic mass is 10.00. The number of esters is 1. The number of piperazine rings is 1. The van der Waals surface area contributed by atoms with Gasteiger partial charge in [-0.2, -0.15) is 4.37 Å². The van der Waals surface area contributed by atoms with E-state index in [4.69, 9.17) is 10.5 Å². The zero-order valence-corrected chi connectivity index (χ0v) is 12.6. The second-order valence-corrected chi connectivity index (χ2v) is 6.15. The molecule has 0 unspecified atom stereocenters. The number of hydrogen-bond donors (Lipinski definition) is 1. The van der Waals surface area contributed by atoms with Gasteiger partial charge < -0.3 is 15.4 Å². The summed E-state index contributed by atoms with van der Waals surface area (Å²) in [5.41, 5.74) is 6.22. The van der Waals surface area contributed by atoms with E-state index >= 15 is 0 Å². The lowest BCUT2D eigenvalue weighted by Gasteiger charge is -2.45. The Morgan fingerprint density at radius 3 is 2.74 bits per heavy atom. The van der Waals surface area contributed by atoms with Crippen LogP contribution in [0.3, 0.4) is 0 Å². The van der Waals surface area contributed by atoms with Crippen LogP contribution < -0.4 is 10.6 Å². The van der Waals surface area contributed by atoms with Crippen LogP contribution in [0.2, 0.25) is 0 Å². The molecule has 0 spiro atoms. The number of nitrogen functional groups attached to an aromatic ring is 1. The number of aromatic nitrogens is 1. The highest BCUT2D eigenvalue weighted by atomic mass is 32.1. The van der Waals surface area contributed by atoms with Crippen LogP contribution in [0.25, 0.3) is 0 Å². The molecule has 0 radical (unpaired) electrons. The summed E-state index contributed by atoms with van der Waals surface area (Å²) in [4.78, 5) is 16.3. The maximum atomic E-state index is 11.8. The minimum atomic E-state index is -0.419. The summed E-state index contributed by atoms with van der Waals surface area (Å²) in [5.74, 6) is -0.165. The number of ether oxygens (including phenoxy) is 1. The number of nitrogens with two attached hydrogens (primary N) is 1. The van der Waals surface area contributed by atoms with E-state index in [0.717, 1.165) is 24.6 Å². The molecule has 0 amide bonds. The van der Waals surface area contributed by atoms with Gasteiger partial charge in [-0.1, -0.05) is 0 Å². The first-order valence-electron chi connectivity index (χ1n) is 6.16. The van der Waals surface area contributed by atoms with Gasteiger partial charge in [0.15, 0.2) is 5.82 Å². The molecular formula is C12H20N4O2S. The molecule has 0 aliphatic carbocycles. The Labute approximate surface area is 117 Å². The van der Waals surface area contributed by atoms with Crippen LogP contribution in [0.5, 0.6) is 0 Å². The second kappa shape index (κ2) is 4.97. The lowest BCUT2D eigenvalue weighted by Crippen LogP contribution is -2.57. The SMILES string of the molecule is COC(=O)c1c(N)nsc1N1CCN(C)C(C)(C)C1. The van der Waals surface area contributed by atoms with E-state index in [1.54, 1.807) is 0 Å². The normalized spacial score (nSPS) is 19.5. The van der Waals surface area contributed by atoms with E-state index in [1.807, 2.05) is 0 Å². The molecule has 0 saturated carbocycles. The Morgan fingerprint density at radius 1 is 1.47 bits per heavy atom. The molecule has 1 aromatic rings. The molecule has 1 aliphatic heterocycles. The average Bonchev–Trinajstić information content (AvgIpc) is 2.73. The molecule has 0 aromatic carbocycles. The van der Waals surface area contributed by atoms with Gasteiger partial charge in [-0.15, -0.1) is 0 Å². The maximum Gasteiger partial charge on any atom is 0.344 e. The monoisotopic (exact) mass is 284 g/mol. The van der Waals surface area contributed by atoms with Crippen LogP contribution in [0.15, 0.2) is 0 Å². The topological polar surface area (TPSA) is 71.7 Å². The molecule has 1 aliphatic rings. The van der Waals surface area contributed by atoms with Crippen LogP contribution in [0.1, 0.15) is 24.2 Å². The van der Waals surface area contributed by atoms with Crippen molar-refractivity contribution >= 4 is 28.3 Å². The van der Waals surface area contributed by atoms with Crippen molar-refractivity contribution in [3.05, 3.63) is 5.56 Å². The van der Waals surface area contributed by atoms with E-state index in [2.05, 4.69) is 35.1 Å².